The molecule has 3 aromatic rings. The first kappa shape index (κ1) is 16.8. The number of benzene rings is 2. The lowest BCUT2D eigenvalue weighted by Crippen LogP contribution is -2.30. The van der Waals surface area contributed by atoms with Crippen LogP contribution in [0.5, 0.6) is 0 Å². The smallest absolute Gasteiger partial charge is 0.324 e. The molecule has 0 unspecified atom stereocenters. The number of rotatable bonds is 5. The number of carbonyl (C=O) groups is 3. The minimum Gasteiger partial charge on any atom is -0.361 e. The number of carbonyl (C=O) groups excluding carboxylic acids is 3. The van der Waals surface area contributed by atoms with Crippen LogP contribution in [0.4, 0.5) is 10.5 Å². The van der Waals surface area contributed by atoms with Gasteiger partial charge in [-0.05, 0) is 29.3 Å². The van der Waals surface area contributed by atoms with E-state index in [0.29, 0.717) is 5.69 Å². The average Bonchev–Trinajstić information content (AvgIpc) is 3.20. The molecule has 27 heavy (non-hydrogen) atoms. The number of amides is 4. The van der Waals surface area contributed by atoms with Crippen LogP contribution in [0.25, 0.3) is 10.9 Å². The predicted octanol–water partition coefficient (Wildman–Crippen LogP) is 2.40. The van der Waals surface area contributed by atoms with Gasteiger partial charge in [-0.3, -0.25) is 14.5 Å². The summed E-state index contributed by atoms with van der Waals surface area (Å²) in [5.41, 5.74) is 3.32. The zero-order valence-corrected chi connectivity index (χ0v) is 14.5. The summed E-state index contributed by atoms with van der Waals surface area (Å²) in [6.07, 6.45) is 2.10. The van der Waals surface area contributed by atoms with Gasteiger partial charge in [-0.2, -0.15) is 0 Å². The molecule has 136 valence electrons. The van der Waals surface area contributed by atoms with Crippen molar-refractivity contribution in [2.24, 2.45) is 0 Å². The fourth-order valence-corrected chi connectivity index (χ4v) is 3.20. The van der Waals surface area contributed by atoms with Gasteiger partial charge in [0, 0.05) is 22.8 Å². The number of nitrogens with zero attached hydrogens (tertiary/aromatic N) is 1. The van der Waals surface area contributed by atoms with Gasteiger partial charge in [-0.15, -0.1) is 0 Å². The highest BCUT2D eigenvalue weighted by molar-refractivity contribution is 6.02. The number of urea groups is 1. The van der Waals surface area contributed by atoms with Gasteiger partial charge in [0.2, 0.25) is 11.8 Å². The van der Waals surface area contributed by atoms with Crippen molar-refractivity contribution in [2.75, 3.05) is 11.9 Å². The molecule has 7 nitrogen and oxygen atoms in total. The molecule has 7 heteroatoms. The SMILES string of the molecule is O=C(Cc1c[nH]c2ccccc12)Nc1cccc(CN2C(=O)CNC2=O)c1. The first-order valence-corrected chi connectivity index (χ1v) is 8.62. The fraction of sp³-hybridized carbons (Fsp3) is 0.150. The fourth-order valence-electron chi connectivity index (χ4n) is 3.20. The highest BCUT2D eigenvalue weighted by Gasteiger charge is 2.28. The van der Waals surface area contributed by atoms with Crippen molar-refractivity contribution in [2.45, 2.75) is 13.0 Å². The summed E-state index contributed by atoms with van der Waals surface area (Å²) in [7, 11) is 0. The number of hydrogen-bond acceptors (Lipinski definition) is 3. The molecule has 1 aliphatic rings. The maximum absolute atomic E-state index is 12.4. The summed E-state index contributed by atoms with van der Waals surface area (Å²) >= 11 is 0. The van der Waals surface area contributed by atoms with Crippen LogP contribution in [0.15, 0.2) is 54.7 Å². The second kappa shape index (κ2) is 6.95. The number of para-hydroxylation sites is 1. The first-order chi connectivity index (χ1) is 13.1. The molecule has 0 bridgehead atoms. The monoisotopic (exact) mass is 362 g/mol. The van der Waals surface area contributed by atoms with Gasteiger partial charge in [0.05, 0.1) is 19.5 Å². The second-order valence-corrected chi connectivity index (χ2v) is 6.42. The van der Waals surface area contributed by atoms with E-state index in [4.69, 9.17) is 0 Å². The van der Waals surface area contributed by atoms with Gasteiger partial charge in [0.25, 0.3) is 0 Å². The van der Waals surface area contributed by atoms with Crippen molar-refractivity contribution in [1.82, 2.24) is 15.2 Å². The molecule has 0 aliphatic carbocycles. The third-order valence-corrected chi connectivity index (χ3v) is 4.51. The summed E-state index contributed by atoms with van der Waals surface area (Å²) in [5, 5.41) is 6.39. The van der Waals surface area contributed by atoms with E-state index in [0.717, 1.165) is 26.9 Å². The number of imide groups is 1. The number of hydrogen-bond donors (Lipinski definition) is 3. The molecule has 1 saturated heterocycles. The zero-order valence-electron chi connectivity index (χ0n) is 14.5. The van der Waals surface area contributed by atoms with E-state index in [1.54, 1.807) is 18.2 Å². The van der Waals surface area contributed by atoms with Crippen LogP contribution in [0.2, 0.25) is 0 Å². The minimum absolute atomic E-state index is 0.0277. The lowest BCUT2D eigenvalue weighted by Gasteiger charge is -2.13. The first-order valence-electron chi connectivity index (χ1n) is 8.62. The van der Waals surface area contributed by atoms with E-state index in [9.17, 15) is 14.4 Å². The van der Waals surface area contributed by atoms with Crippen LogP contribution < -0.4 is 10.6 Å². The van der Waals surface area contributed by atoms with Gasteiger partial charge < -0.3 is 15.6 Å². The van der Waals surface area contributed by atoms with Gasteiger partial charge in [0.1, 0.15) is 0 Å². The van der Waals surface area contributed by atoms with Gasteiger partial charge in [-0.1, -0.05) is 30.3 Å². The van der Waals surface area contributed by atoms with Crippen LogP contribution in [0.3, 0.4) is 0 Å². The normalized spacial score (nSPS) is 13.9. The lowest BCUT2D eigenvalue weighted by molar-refractivity contribution is -0.125. The number of aromatic amines is 1. The molecule has 2 heterocycles. The molecule has 4 amide bonds. The largest absolute Gasteiger partial charge is 0.361 e. The van der Waals surface area contributed by atoms with E-state index in [2.05, 4.69) is 15.6 Å². The molecule has 0 saturated carbocycles. The highest BCUT2D eigenvalue weighted by atomic mass is 16.2. The second-order valence-electron chi connectivity index (χ2n) is 6.42. The Morgan fingerprint density at radius 1 is 1.11 bits per heavy atom. The number of anilines is 1. The summed E-state index contributed by atoms with van der Waals surface area (Å²) in [4.78, 5) is 40.1. The quantitative estimate of drug-likeness (QED) is 0.608. The van der Waals surface area contributed by atoms with Crippen LogP contribution in [-0.2, 0) is 22.6 Å². The van der Waals surface area contributed by atoms with Crippen molar-refractivity contribution in [1.29, 1.82) is 0 Å². The third kappa shape index (κ3) is 3.52. The van der Waals surface area contributed by atoms with E-state index in [1.807, 2.05) is 36.5 Å². The minimum atomic E-state index is -0.395. The molecular weight excluding hydrogens is 344 g/mol. The molecule has 2 aromatic carbocycles. The van der Waals surface area contributed by atoms with Crippen molar-refractivity contribution in [3.05, 3.63) is 65.9 Å². The Hall–Kier alpha value is -3.61. The van der Waals surface area contributed by atoms with Crippen molar-refractivity contribution >= 4 is 34.4 Å². The van der Waals surface area contributed by atoms with Gasteiger partial charge in [0.15, 0.2) is 0 Å². The molecule has 1 aliphatic heterocycles. The molecule has 1 aromatic heterocycles. The van der Waals surface area contributed by atoms with Crippen molar-refractivity contribution in [3.8, 4) is 0 Å². The summed E-state index contributed by atoms with van der Waals surface area (Å²) in [6.45, 7) is 0.205. The predicted molar refractivity (Wildman–Crippen MR) is 101 cm³/mol. The van der Waals surface area contributed by atoms with E-state index >= 15 is 0 Å². The van der Waals surface area contributed by atoms with E-state index in [1.165, 1.54) is 0 Å². The zero-order chi connectivity index (χ0) is 18.8. The third-order valence-electron chi connectivity index (χ3n) is 4.51. The Balaban J connectivity index is 1.44. The molecular formula is C20H18N4O3. The highest BCUT2D eigenvalue weighted by Crippen LogP contribution is 2.19. The van der Waals surface area contributed by atoms with Crippen LogP contribution in [0, 0.1) is 0 Å². The maximum Gasteiger partial charge on any atom is 0.324 e. The number of fused-ring (bicyclic) bond motifs is 1. The van der Waals surface area contributed by atoms with E-state index < -0.39 is 6.03 Å². The maximum atomic E-state index is 12.4. The van der Waals surface area contributed by atoms with Gasteiger partial charge in [-0.25, -0.2) is 4.79 Å². The molecule has 4 rings (SSSR count). The van der Waals surface area contributed by atoms with Crippen LogP contribution in [0.1, 0.15) is 11.1 Å². The average molecular weight is 362 g/mol. The van der Waals surface area contributed by atoms with E-state index in [-0.39, 0.29) is 31.3 Å². The molecule has 0 atom stereocenters. The molecule has 0 spiro atoms. The topological polar surface area (TPSA) is 94.3 Å². The molecule has 3 N–H and O–H groups in total. The number of nitrogens with one attached hydrogen (secondary N) is 3. The summed E-state index contributed by atoms with van der Waals surface area (Å²) in [6, 6.07) is 14.6. The Morgan fingerprint density at radius 3 is 2.78 bits per heavy atom. The van der Waals surface area contributed by atoms with Crippen molar-refractivity contribution in [3.63, 3.8) is 0 Å². The number of aromatic nitrogens is 1. The Kier molecular flexibility index (Phi) is 4.33. The summed E-state index contributed by atoms with van der Waals surface area (Å²) < 4.78 is 0. The standard InChI is InChI=1S/C20H18N4O3/c25-18(9-14-10-21-17-7-2-1-6-16(14)17)23-15-5-3-4-13(8-15)12-24-19(26)11-22-20(24)27/h1-8,10,21H,9,11-12H2,(H,22,27)(H,23,25). The van der Waals surface area contributed by atoms with Crippen molar-refractivity contribution < 1.29 is 14.4 Å². The van der Waals surface area contributed by atoms with Crippen LogP contribution in [-0.4, -0.2) is 34.3 Å². The Labute approximate surface area is 155 Å². The lowest BCUT2D eigenvalue weighted by atomic mass is 10.1. The molecule has 0 radical (unpaired) electrons. The molecule has 1 fully saturated rings. The summed E-state index contributed by atoms with van der Waals surface area (Å²) in [5.74, 6) is -0.388. The number of H-pyrrole nitrogens is 1. The Bertz CT molecular complexity index is 1020. The Morgan fingerprint density at radius 2 is 1.96 bits per heavy atom. The van der Waals surface area contributed by atoms with Gasteiger partial charge >= 0.3 is 6.03 Å². The van der Waals surface area contributed by atoms with Crippen LogP contribution >= 0.6 is 0 Å².